The van der Waals surface area contributed by atoms with E-state index in [2.05, 4.69) is 5.10 Å². The molecule has 0 radical (unpaired) electrons. The normalized spacial score (nSPS) is 8.11. The summed E-state index contributed by atoms with van der Waals surface area (Å²) < 4.78 is 1.69. The molecule has 50 valence electrons. The van der Waals surface area contributed by atoms with Crippen molar-refractivity contribution in [1.82, 2.24) is 5.10 Å². The summed E-state index contributed by atoms with van der Waals surface area (Å²) in [6.45, 7) is 0. The number of nitrogens with two attached hydrogens (primary N) is 1. The molecule has 0 amide bonds. The lowest BCUT2D eigenvalue weighted by atomic mass is 10.5. The van der Waals surface area contributed by atoms with Crippen molar-refractivity contribution in [2.24, 2.45) is 7.05 Å². The van der Waals surface area contributed by atoms with Crippen LogP contribution in [-0.2, 0) is 7.05 Å². The number of aromatic nitrogens is 2. The standard InChI is InChI=1S/C5H7N3.HI/c1-8-3-2-5(6)4-7-8;/h2-4,6H,1H3;1H. The number of hydrogen-bond donors (Lipinski definition) is 1. The largest absolute Gasteiger partial charge is 1.00 e. The van der Waals surface area contributed by atoms with Crippen LogP contribution in [-0.4, -0.2) is 5.10 Å². The Labute approximate surface area is 70.9 Å². The third kappa shape index (κ3) is 2.59. The molecule has 9 heavy (non-hydrogen) atoms. The summed E-state index contributed by atoms with van der Waals surface area (Å²) in [5.41, 5.74) is 6.05. The molecule has 0 bridgehead atoms. The first-order chi connectivity index (χ1) is 3.79. The fraction of sp³-hybridized carbons (Fsp3) is 0.200. The Morgan fingerprint density at radius 2 is 2.33 bits per heavy atom. The van der Waals surface area contributed by atoms with Gasteiger partial charge >= 0.3 is 0 Å². The Morgan fingerprint density at radius 1 is 1.67 bits per heavy atom. The van der Waals surface area contributed by atoms with Crippen molar-refractivity contribution >= 4 is 5.69 Å². The minimum Gasteiger partial charge on any atom is -1.00 e. The van der Waals surface area contributed by atoms with Gasteiger partial charge in [-0.05, 0) is 5.10 Å². The lowest BCUT2D eigenvalue weighted by Crippen LogP contribution is -3.00. The minimum absolute atomic E-state index is 0. The molecule has 0 fully saturated rings. The average Bonchev–Trinajstić information content (AvgIpc) is 1.77. The molecule has 1 aromatic rings. The number of halogens is 1. The van der Waals surface area contributed by atoms with Gasteiger partial charge in [0, 0.05) is 6.07 Å². The van der Waals surface area contributed by atoms with Crippen LogP contribution in [0.4, 0.5) is 5.69 Å². The minimum atomic E-state index is 0. The lowest BCUT2D eigenvalue weighted by Gasteiger charge is -1.83. The lowest BCUT2D eigenvalue weighted by molar-refractivity contribution is -0.730. The van der Waals surface area contributed by atoms with Crippen LogP contribution in [0, 0.1) is 0 Å². The van der Waals surface area contributed by atoms with Gasteiger partial charge in [0.25, 0.3) is 0 Å². The molecule has 1 aromatic heterocycles. The zero-order valence-electron chi connectivity index (χ0n) is 5.08. The highest BCUT2D eigenvalue weighted by molar-refractivity contribution is 5.29. The third-order valence-electron chi connectivity index (χ3n) is 0.872. The van der Waals surface area contributed by atoms with E-state index in [4.69, 9.17) is 5.73 Å². The molecule has 0 aliphatic rings. The van der Waals surface area contributed by atoms with Gasteiger partial charge in [0.15, 0.2) is 13.2 Å². The quantitative estimate of drug-likeness (QED) is 0.375. The van der Waals surface area contributed by atoms with E-state index in [1.807, 2.05) is 7.05 Å². The Bertz CT molecular complexity index is 151. The van der Waals surface area contributed by atoms with Crippen LogP contribution >= 0.6 is 0 Å². The zero-order chi connectivity index (χ0) is 5.98. The Hall–Kier alpha value is -0.390. The molecule has 3 nitrogen and oxygen atoms in total. The molecule has 0 saturated carbocycles. The first kappa shape index (κ1) is 8.61. The van der Waals surface area contributed by atoms with Crippen molar-refractivity contribution in [3.63, 3.8) is 0 Å². The first-order valence-corrected chi connectivity index (χ1v) is 2.36. The summed E-state index contributed by atoms with van der Waals surface area (Å²) in [5, 5.41) is 3.87. The van der Waals surface area contributed by atoms with Gasteiger partial charge in [-0.15, -0.1) is 0 Å². The van der Waals surface area contributed by atoms with Crippen LogP contribution in [0.5, 0.6) is 0 Å². The second-order valence-corrected chi connectivity index (χ2v) is 1.63. The Balaban J connectivity index is 0.000000640. The molecule has 0 atom stereocenters. The summed E-state index contributed by atoms with van der Waals surface area (Å²) in [5.74, 6) is 0. The highest BCUT2D eigenvalue weighted by atomic mass is 127. The van der Waals surface area contributed by atoms with Gasteiger partial charge in [-0.3, -0.25) is 0 Å². The van der Waals surface area contributed by atoms with E-state index in [1.165, 1.54) is 0 Å². The third-order valence-corrected chi connectivity index (χ3v) is 0.872. The van der Waals surface area contributed by atoms with Crippen LogP contribution < -0.4 is 34.4 Å². The molecule has 0 aromatic carbocycles. The summed E-state index contributed by atoms with van der Waals surface area (Å²) in [6, 6.07) is 1.80. The Morgan fingerprint density at radius 3 is 2.67 bits per heavy atom. The molecule has 0 spiro atoms. The summed E-state index contributed by atoms with van der Waals surface area (Å²) in [7, 11) is 1.85. The second kappa shape index (κ2) is 3.60. The van der Waals surface area contributed by atoms with Gasteiger partial charge in [0.05, 0.1) is 5.69 Å². The SMILES string of the molecule is C[n+]1ccc(N)cn1.[I-]. The van der Waals surface area contributed by atoms with Crippen LogP contribution in [0.15, 0.2) is 18.5 Å². The highest BCUT2D eigenvalue weighted by Crippen LogP contribution is 1.88. The molecule has 0 aliphatic heterocycles. The van der Waals surface area contributed by atoms with Crippen LogP contribution in [0.25, 0.3) is 0 Å². The molecule has 0 aliphatic carbocycles. The van der Waals surface area contributed by atoms with Crippen molar-refractivity contribution in [2.45, 2.75) is 0 Å². The predicted molar refractivity (Wildman–Crippen MR) is 29.8 cm³/mol. The van der Waals surface area contributed by atoms with Crippen molar-refractivity contribution in [1.29, 1.82) is 0 Å². The van der Waals surface area contributed by atoms with Gasteiger partial charge in [-0.2, -0.15) is 0 Å². The van der Waals surface area contributed by atoms with Crippen molar-refractivity contribution in [3.05, 3.63) is 18.5 Å². The smallest absolute Gasteiger partial charge is 0.198 e. The molecule has 2 N–H and O–H groups in total. The topological polar surface area (TPSA) is 42.8 Å². The van der Waals surface area contributed by atoms with E-state index in [-0.39, 0.29) is 24.0 Å². The second-order valence-electron chi connectivity index (χ2n) is 1.63. The van der Waals surface area contributed by atoms with Gasteiger partial charge < -0.3 is 29.7 Å². The maximum Gasteiger partial charge on any atom is 0.198 e. The number of nitrogen functional groups attached to an aromatic ring is 1. The predicted octanol–water partition coefficient (Wildman–Crippen LogP) is -3.51. The van der Waals surface area contributed by atoms with Crippen LogP contribution in [0.1, 0.15) is 0 Å². The average molecular weight is 237 g/mol. The van der Waals surface area contributed by atoms with Crippen molar-refractivity contribution in [3.8, 4) is 0 Å². The van der Waals surface area contributed by atoms with Gasteiger partial charge in [-0.1, -0.05) is 4.68 Å². The van der Waals surface area contributed by atoms with E-state index < -0.39 is 0 Å². The fourth-order valence-electron chi connectivity index (χ4n) is 0.433. The fourth-order valence-corrected chi connectivity index (χ4v) is 0.433. The first-order valence-electron chi connectivity index (χ1n) is 2.36. The van der Waals surface area contributed by atoms with E-state index in [9.17, 15) is 0 Å². The Kier molecular flexibility index (Phi) is 3.44. The molecule has 0 unspecified atom stereocenters. The van der Waals surface area contributed by atoms with Crippen molar-refractivity contribution in [2.75, 3.05) is 5.73 Å². The maximum atomic E-state index is 5.35. The van der Waals surface area contributed by atoms with E-state index in [0.29, 0.717) is 5.69 Å². The van der Waals surface area contributed by atoms with E-state index >= 15 is 0 Å². The number of rotatable bonds is 0. The highest BCUT2D eigenvalue weighted by Gasteiger charge is 1.88. The summed E-state index contributed by atoms with van der Waals surface area (Å²) >= 11 is 0. The molecule has 0 saturated heterocycles. The summed E-state index contributed by atoms with van der Waals surface area (Å²) in [6.07, 6.45) is 3.41. The van der Waals surface area contributed by atoms with Gasteiger partial charge in [0.2, 0.25) is 0 Å². The molecule has 1 rings (SSSR count). The molecular formula is C5H8IN3. The van der Waals surface area contributed by atoms with E-state index in [1.54, 1.807) is 23.1 Å². The van der Waals surface area contributed by atoms with Gasteiger partial charge in [0.1, 0.15) is 6.20 Å². The maximum absolute atomic E-state index is 5.35. The van der Waals surface area contributed by atoms with Gasteiger partial charge in [-0.25, -0.2) is 0 Å². The summed E-state index contributed by atoms with van der Waals surface area (Å²) in [4.78, 5) is 0. The zero-order valence-corrected chi connectivity index (χ0v) is 7.24. The van der Waals surface area contributed by atoms with Crippen LogP contribution in [0.3, 0.4) is 0 Å². The molecule has 4 heteroatoms. The number of anilines is 1. The van der Waals surface area contributed by atoms with Crippen molar-refractivity contribution < 1.29 is 28.7 Å². The number of hydrogen-bond acceptors (Lipinski definition) is 2. The number of nitrogens with zero attached hydrogens (tertiary/aromatic N) is 2. The monoisotopic (exact) mass is 237 g/mol. The molecule has 1 heterocycles. The molecular weight excluding hydrogens is 229 g/mol. The van der Waals surface area contributed by atoms with E-state index in [0.717, 1.165) is 0 Å². The van der Waals surface area contributed by atoms with Crippen LogP contribution in [0.2, 0.25) is 0 Å². The number of aryl methyl sites for hydroxylation is 1.